The number of hydrogen-bond acceptors (Lipinski definition) is 1. The minimum Gasteiger partial charge on any atom is -0.264 e. The van der Waals surface area contributed by atoms with Crippen molar-refractivity contribution in [2.45, 2.75) is 12.8 Å². The third-order valence-electron chi connectivity index (χ3n) is 2.21. The van der Waals surface area contributed by atoms with Gasteiger partial charge in [-0.3, -0.25) is 4.98 Å². The van der Waals surface area contributed by atoms with Crippen molar-refractivity contribution in [3.63, 3.8) is 0 Å². The maximum Gasteiger partial charge on any atom is 0.0299 e. The molecule has 1 aromatic carbocycles. The van der Waals surface area contributed by atoms with E-state index < -0.39 is 0 Å². The predicted octanol–water partition coefficient (Wildman–Crippen LogP) is 2.67. The molecular formula is C13H12N. The molecule has 2 rings (SSSR count). The van der Waals surface area contributed by atoms with E-state index in [-0.39, 0.29) is 0 Å². The van der Waals surface area contributed by atoms with E-state index in [1.54, 1.807) is 6.20 Å². The molecule has 0 saturated heterocycles. The van der Waals surface area contributed by atoms with E-state index in [0.717, 1.165) is 12.8 Å². The second-order valence-electron chi connectivity index (χ2n) is 3.27. The SMILES string of the molecule is [c]1ccc(CCc2cccnc2)cc1. The molecule has 0 aliphatic heterocycles. The Morgan fingerprint density at radius 3 is 2.50 bits per heavy atom. The first-order chi connectivity index (χ1) is 6.95. The van der Waals surface area contributed by atoms with Crippen LogP contribution in [0.4, 0.5) is 0 Å². The fourth-order valence-corrected chi connectivity index (χ4v) is 1.42. The Hall–Kier alpha value is -1.63. The molecule has 0 bridgehead atoms. The van der Waals surface area contributed by atoms with Gasteiger partial charge >= 0.3 is 0 Å². The summed E-state index contributed by atoms with van der Waals surface area (Å²) in [6, 6.07) is 15.2. The van der Waals surface area contributed by atoms with Gasteiger partial charge in [-0.1, -0.05) is 30.3 Å². The highest BCUT2D eigenvalue weighted by molar-refractivity contribution is 5.17. The van der Waals surface area contributed by atoms with Gasteiger partial charge in [0.1, 0.15) is 0 Å². The molecule has 0 saturated carbocycles. The third kappa shape index (κ3) is 2.43. The molecule has 0 fully saturated rings. The van der Waals surface area contributed by atoms with Crippen LogP contribution in [0.5, 0.6) is 0 Å². The maximum absolute atomic E-state index is 4.09. The summed E-state index contributed by atoms with van der Waals surface area (Å²) < 4.78 is 0. The summed E-state index contributed by atoms with van der Waals surface area (Å²) >= 11 is 0. The lowest BCUT2D eigenvalue weighted by atomic mass is 10.1. The van der Waals surface area contributed by atoms with E-state index in [4.69, 9.17) is 0 Å². The summed E-state index contributed by atoms with van der Waals surface area (Å²) in [4.78, 5) is 4.09. The van der Waals surface area contributed by atoms with Gasteiger partial charge in [-0.2, -0.15) is 0 Å². The molecule has 0 aliphatic carbocycles. The zero-order valence-electron chi connectivity index (χ0n) is 7.98. The molecule has 1 heterocycles. The molecule has 2 aromatic rings. The number of rotatable bonds is 3. The summed E-state index contributed by atoms with van der Waals surface area (Å²) in [5.41, 5.74) is 2.65. The Balaban J connectivity index is 1.96. The summed E-state index contributed by atoms with van der Waals surface area (Å²) in [7, 11) is 0. The van der Waals surface area contributed by atoms with Crippen LogP contribution in [-0.2, 0) is 12.8 Å². The van der Waals surface area contributed by atoms with Crippen molar-refractivity contribution >= 4 is 0 Å². The largest absolute Gasteiger partial charge is 0.264 e. The fraction of sp³-hybridized carbons (Fsp3) is 0.154. The minimum atomic E-state index is 1.05. The summed E-state index contributed by atoms with van der Waals surface area (Å²) in [6.45, 7) is 0. The van der Waals surface area contributed by atoms with E-state index >= 15 is 0 Å². The number of nitrogens with zero attached hydrogens (tertiary/aromatic N) is 1. The quantitative estimate of drug-likeness (QED) is 0.711. The second-order valence-corrected chi connectivity index (χ2v) is 3.27. The van der Waals surface area contributed by atoms with Crippen molar-refractivity contribution < 1.29 is 0 Å². The lowest BCUT2D eigenvalue weighted by Crippen LogP contribution is -1.91. The number of aromatic nitrogens is 1. The topological polar surface area (TPSA) is 12.9 Å². The van der Waals surface area contributed by atoms with Gasteiger partial charge in [0.25, 0.3) is 0 Å². The summed E-state index contributed by atoms with van der Waals surface area (Å²) in [5.74, 6) is 0. The van der Waals surface area contributed by atoms with Crippen molar-refractivity contribution in [2.24, 2.45) is 0 Å². The molecule has 1 nitrogen and oxygen atoms in total. The van der Waals surface area contributed by atoms with E-state index in [0.29, 0.717) is 0 Å². The molecule has 1 heteroatoms. The number of benzene rings is 1. The van der Waals surface area contributed by atoms with Gasteiger partial charge < -0.3 is 0 Å². The normalized spacial score (nSPS) is 10.0. The summed E-state index contributed by atoms with van der Waals surface area (Å²) in [5, 5.41) is 0. The van der Waals surface area contributed by atoms with Crippen LogP contribution in [0, 0.1) is 6.07 Å². The van der Waals surface area contributed by atoms with Crippen molar-refractivity contribution in [1.82, 2.24) is 4.98 Å². The first-order valence-corrected chi connectivity index (χ1v) is 4.79. The molecule has 1 radical (unpaired) electrons. The Kier molecular flexibility index (Phi) is 2.92. The van der Waals surface area contributed by atoms with Crippen molar-refractivity contribution in [3.05, 3.63) is 66.0 Å². The molecule has 14 heavy (non-hydrogen) atoms. The highest BCUT2D eigenvalue weighted by Gasteiger charge is 1.93. The van der Waals surface area contributed by atoms with E-state index in [2.05, 4.69) is 29.2 Å². The molecule has 0 spiro atoms. The number of aryl methyl sites for hydroxylation is 2. The lowest BCUT2D eigenvalue weighted by molar-refractivity contribution is 0.950. The first-order valence-electron chi connectivity index (χ1n) is 4.79. The van der Waals surface area contributed by atoms with Crippen LogP contribution in [0.3, 0.4) is 0 Å². The molecular weight excluding hydrogens is 170 g/mol. The Bertz CT molecular complexity index is 327. The second kappa shape index (κ2) is 4.56. The Labute approximate surface area is 84.4 Å². The van der Waals surface area contributed by atoms with Gasteiger partial charge in [-0.05, 0) is 36.1 Å². The van der Waals surface area contributed by atoms with Crippen molar-refractivity contribution in [2.75, 3.05) is 0 Å². The van der Waals surface area contributed by atoms with Gasteiger partial charge in [-0.15, -0.1) is 0 Å². The average molecular weight is 182 g/mol. The number of hydrogen-bond donors (Lipinski definition) is 0. The average Bonchev–Trinajstić information content (AvgIpc) is 2.29. The lowest BCUT2D eigenvalue weighted by Gasteiger charge is -2.00. The van der Waals surface area contributed by atoms with Gasteiger partial charge in [0.05, 0.1) is 0 Å². The smallest absolute Gasteiger partial charge is 0.0299 e. The standard InChI is InChI=1S/C13H12N/c1-2-5-12(6-3-1)8-9-13-7-4-10-14-11-13/h2-7,10-11H,8-9H2. The molecule has 0 amide bonds. The Morgan fingerprint density at radius 2 is 1.79 bits per heavy atom. The number of pyridine rings is 1. The van der Waals surface area contributed by atoms with Gasteiger partial charge in [-0.25, -0.2) is 0 Å². The highest BCUT2D eigenvalue weighted by Crippen LogP contribution is 2.05. The van der Waals surface area contributed by atoms with Crippen LogP contribution in [-0.4, -0.2) is 4.98 Å². The van der Waals surface area contributed by atoms with E-state index in [1.807, 2.05) is 24.4 Å². The van der Waals surface area contributed by atoms with E-state index in [9.17, 15) is 0 Å². The van der Waals surface area contributed by atoms with Gasteiger partial charge in [0.15, 0.2) is 0 Å². The van der Waals surface area contributed by atoms with Crippen molar-refractivity contribution in [1.29, 1.82) is 0 Å². The monoisotopic (exact) mass is 182 g/mol. The summed E-state index contributed by atoms with van der Waals surface area (Å²) in [6.07, 6.45) is 5.86. The molecule has 1 aromatic heterocycles. The maximum atomic E-state index is 4.09. The van der Waals surface area contributed by atoms with Gasteiger partial charge in [0.2, 0.25) is 0 Å². The van der Waals surface area contributed by atoms with Gasteiger partial charge in [0, 0.05) is 12.4 Å². The molecule has 69 valence electrons. The molecule has 0 aliphatic rings. The zero-order valence-corrected chi connectivity index (χ0v) is 7.98. The Morgan fingerprint density at radius 1 is 1.00 bits per heavy atom. The molecule has 0 atom stereocenters. The van der Waals surface area contributed by atoms with Crippen LogP contribution in [0.2, 0.25) is 0 Å². The van der Waals surface area contributed by atoms with E-state index in [1.165, 1.54) is 11.1 Å². The minimum absolute atomic E-state index is 1.05. The molecule has 0 unspecified atom stereocenters. The third-order valence-corrected chi connectivity index (χ3v) is 2.21. The predicted molar refractivity (Wildman–Crippen MR) is 56.9 cm³/mol. The van der Waals surface area contributed by atoms with Crippen LogP contribution >= 0.6 is 0 Å². The zero-order chi connectivity index (χ0) is 9.64. The molecule has 0 N–H and O–H groups in total. The van der Waals surface area contributed by atoms with Crippen molar-refractivity contribution in [3.8, 4) is 0 Å². The van der Waals surface area contributed by atoms with Crippen LogP contribution in [0.25, 0.3) is 0 Å². The highest BCUT2D eigenvalue weighted by atomic mass is 14.6. The van der Waals surface area contributed by atoms with Crippen LogP contribution in [0.1, 0.15) is 11.1 Å². The fourth-order valence-electron chi connectivity index (χ4n) is 1.42. The van der Waals surface area contributed by atoms with Crippen LogP contribution < -0.4 is 0 Å². The first kappa shape index (κ1) is 8.95. The van der Waals surface area contributed by atoms with Crippen LogP contribution in [0.15, 0.2) is 48.8 Å².